The Morgan fingerprint density at radius 3 is 2.69 bits per heavy atom. The third kappa shape index (κ3) is 4.23. The summed E-state index contributed by atoms with van der Waals surface area (Å²) in [6.07, 6.45) is 3.27. The number of nitrogens with zero attached hydrogens (tertiary/aromatic N) is 2. The Morgan fingerprint density at radius 1 is 1.06 bits per heavy atom. The maximum absolute atomic E-state index is 14.3. The number of ether oxygens (including phenoxy) is 1. The van der Waals surface area contributed by atoms with Gasteiger partial charge in [-0.05, 0) is 48.1 Å². The number of carbonyl (C=O) groups excluding carboxylic acids is 2. The second kappa shape index (κ2) is 11.2. The van der Waals surface area contributed by atoms with Gasteiger partial charge in [0.05, 0.1) is 11.7 Å². The van der Waals surface area contributed by atoms with Gasteiger partial charge in [0.25, 0.3) is 5.91 Å². The maximum atomic E-state index is 14.3. The van der Waals surface area contributed by atoms with Gasteiger partial charge < -0.3 is 44.7 Å². The molecule has 0 fully saturated rings. The first-order valence-electron chi connectivity index (χ1n) is 18.4. The molecule has 3 aromatic carbocycles. The summed E-state index contributed by atoms with van der Waals surface area (Å²) in [6.45, 7) is 7.39. The molecule has 6 N–H and O–H groups in total. The normalized spacial score (nSPS) is 21.8. The van der Waals surface area contributed by atoms with Gasteiger partial charge >= 0.3 is 0 Å². The van der Waals surface area contributed by atoms with Crippen LogP contribution < -0.4 is 20.7 Å². The molecule has 13 nitrogen and oxygen atoms in total. The van der Waals surface area contributed by atoms with Gasteiger partial charge in [0.1, 0.15) is 34.6 Å². The van der Waals surface area contributed by atoms with Gasteiger partial charge in [-0.15, -0.1) is 0 Å². The third-order valence-corrected chi connectivity index (χ3v) is 11.8. The number of para-hydroxylation sites is 1. The number of phenols is 1. The van der Waals surface area contributed by atoms with Crippen LogP contribution in [-0.4, -0.2) is 54.9 Å². The fourth-order valence-electron chi connectivity index (χ4n) is 8.77. The van der Waals surface area contributed by atoms with Crippen LogP contribution in [0, 0.1) is 5.92 Å². The van der Waals surface area contributed by atoms with Crippen molar-refractivity contribution in [3.8, 4) is 45.5 Å². The van der Waals surface area contributed by atoms with Crippen LogP contribution in [-0.2, 0) is 21.4 Å². The van der Waals surface area contributed by atoms with E-state index in [0.717, 1.165) is 38.9 Å². The Labute approximate surface area is 309 Å². The highest BCUT2D eigenvalue weighted by Gasteiger charge is 2.61. The number of anilines is 1. The summed E-state index contributed by atoms with van der Waals surface area (Å²) in [5.74, 6) is 0.824. The van der Waals surface area contributed by atoms with Crippen molar-refractivity contribution in [1.29, 1.82) is 0 Å². The first-order chi connectivity index (χ1) is 26.0. The lowest BCUT2D eigenvalue weighted by atomic mass is 9.72. The summed E-state index contributed by atoms with van der Waals surface area (Å²) in [5.41, 5.74) is 3.87. The molecule has 4 aliphatic rings. The van der Waals surface area contributed by atoms with Crippen molar-refractivity contribution in [3.05, 3.63) is 89.3 Å². The Bertz CT molecular complexity index is 2560. The summed E-state index contributed by atoms with van der Waals surface area (Å²) < 4.78 is 20.4. The predicted molar refractivity (Wildman–Crippen MR) is 198 cm³/mol. The van der Waals surface area contributed by atoms with E-state index in [1.165, 1.54) is 0 Å². The van der Waals surface area contributed by atoms with E-state index in [1.54, 1.807) is 32.3 Å². The fourth-order valence-corrected chi connectivity index (χ4v) is 8.77. The first kappa shape index (κ1) is 32.6. The summed E-state index contributed by atoms with van der Waals surface area (Å²) in [4.78, 5) is 40.9. The topological polar surface area (TPSA) is 188 Å². The molecule has 13 heteroatoms. The smallest absolute Gasteiger partial charge is 0.252 e. The maximum Gasteiger partial charge on any atom is 0.252 e. The van der Waals surface area contributed by atoms with E-state index < -0.39 is 41.1 Å². The van der Waals surface area contributed by atoms with Crippen LogP contribution in [0.3, 0.4) is 0 Å². The van der Waals surface area contributed by atoms with Gasteiger partial charge in [0.15, 0.2) is 23.4 Å². The van der Waals surface area contributed by atoms with E-state index in [4.69, 9.17) is 23.5 Å². The average Bonchev–Trinajstić information content (AvgIpc) is 3.99. The summed E-state index contributed by atoms with van der Waals surface area (Å²) in [5, 5.41) is 32.6. The molecule has 0 radical (unpaired) electrons. The zero-order valence-corrected chi connectivity index (χ0v) is 30.0. The summed E-state index contributed by atoms with van der Waals surface area (Å²) >= 11 is 0. The molecule has 54 heavy (non-hydrogen) atoms. The standard InChI is InChI=1S/C41H38N6O7/c1-5-40(51,6-2)38(50)44-25-15-19-10-13-27-24(14-19)41-23-9-7-8-21(31(23)47-39(41)53-27)20-11-12-26(48)32-29(20)22(16-42-32)28-17-43-36(52-28)33-34(41)54-37(46-33)30(18(3)4)45-35(25)49/h7-14,16-18,25,30,39,42,47-48,51H,5-6,15H2,1-4H3,(H,44,50)(H,45,49). The number of aromatic amines is 1. The van der Waals surface area contributed by atoms with E-state index in [-0.39, 0.29) is 42.7 Å². The van der Waals surface area contributed by atoms with Gasteiger partial charge in [-0.1, -0.05) is 58.0 Å². The van der Waals surface area contributed by atoms with Gasteiger partial charge in [-0.25, -0.2) is 9.97 Å². The van der Waals surface area contributed by atoms with Crippen molar-refractivity contribution >= 4 is 28.4 Å². The van der Waals surface area contributed by atoms with E-state index >= 15 is 0 Å². The van der Waals surface area contributed by atoms with Crippen LogP contribution in [0.2, 0.25) is 0 Å². The second-order valence-corrected chi connectivity index (χ2v) is 15.1. The highest BCUT2D eigenvalue weighted by Crippen LogP contribution is 2.61. The molecule has 0 aliphatic carbocycles. The van der Waals surface area contributed by atoms with Crippen LogP contribution in [0.4, 0.5) is 5.69 Å². The predicted octanol–water partition coefficient (Wildman–Crippen LogP) is 6.05. The SMILES string of the molecule is CCC(O)(CC)C(=O)NC1Cc2ccc3c(c2)C24c5cccc(c5NC2O3)-c2ccc(O)c3[nH]cc(c23)-c2cnc(o2)-c2nc(oc24)C(C(C)C)NC1=O. The van der Waals surface area contributed by atoms with E-state index in [1.807, 2.05) is 50.2 Å². The minimum Gasteiger partial charge on any atom is -0.506 e. The molecule has 4 atom stereocenters. The number of amides is 2. The van der Waals surface area contributed by atoms with Crippen LogP contribution in [0.25, 0.3) is 44.9 Å². The van der Waals surface area contributed by atoms with Crippen molar-refractivity contribution < 1.29 is 33.4 Å². The molecular weight excluding hydrogens is 688 g/mol. The number of aliphatic hydroxyl groups is 1. The number of rotatable bonds is 5. The lowest BCUT2D eigenvalue weighted by molar-refractivity contribution is -0.143. The number of aromatic hydroxyl groups is 1. The molecular formula is C41H38N6O7. The summed E-state index contributed by atoms with van der Waals surface area (Å²) in [7, 11) is 0. The highest BCUT2D eigenvalue weighted by atomic mass is 16.5. The first-order valence-corrected chi connectivity index (χ1v) is 18.4. The molecule has 3 aromatic heterocycles. The Kier molecular flexibility index (Phi) is 6.76. The molecule has 0 saturated heterocycles. The lowest BCUT2D eigenvalue weighted by Crippen LogP contribution is -2.55. The van der Waals surface area contributed by atoms with Crippen molar-refractivity contribution in [2.24, 2.45) is 5.92 Å². The quantitative estimate of drug-likeness (QED) is 0.122. The monoisotopic (exact) mass is 726 g/mol. The van der Waals surface area contributed by atoms with Gasteiger partial charge in [0, 0.05) is 45.9 Å². The van der Waals surface area contributed by atoms with Gasteiger partial charge in [-0.3, -0.25) is 9.59 Å². The number of phenolic OH excluding ortho intramolecular Hbond substituents is 1. The van der Waals surface area contributed by atoms with Crippen LogP contribution in [0.1, 0.15) is 74.9 Å². The van der Waals surface area contributed by atoms with Crippen molar-refractivity contribution in [2.45, 2.75) is 76.3 Å². The number of aromatic nitrogens is 3. The number of hydrogen-bond donors (Lipinski definition) is 6. The molecule has 0 saturated carbocycles. The second-order valence-electron chi connectivity index (χ2n) is 15.1. The minimum atomic E-state index is -1.63. The van der Waals surface area contributed by atoms with E-state index in [0.29, 0.717) is 34.0 Å². The van der Waals surface area contributed by atoms with Crippen molar-refractivity contribution in [1.82, 2.24) is 25.6 Å². The minimum absolute atomic E-state index is 0.102. The number of carbonyl (C=O) groups is 2. The zero-order valence-electron chi connectivity index (χ0n) is 30.0. The molecule has 274 valence electrons. The average molecular weight is 727 g/mol. The molecule has 10 bridgehead atoms. The van der Waals surface area contributed by atoms with Crippen LogP contribution >= 0.6 is 0 Å². The Morgan fingerprint density at radius 2 is 1.89 bits per heavy atom. The molecule has 6 aromatic rings. The number of nitrogens with one attached hydrogen (secondary N) is 4. The zero-order chi connectivity index (χ0) is 37.3. The molecule has 4 unspecified atom stereocenters. The van der Waals surface area contributed by atoms with Crippen LogP contribution in [0.15, 0.2) is 69.8 Å². The third-order valence-electron chi connectivity index (χ3n) is 11.8. The molecule has 2 amide bonds. The Hall–Kier alpha value is -6.08. The fraction of sp³-hybridized carbons (Fsp3) is 0.317. The van der Waals surface area contributed by atoms with Crippen molar-refractivity contribution in [2.75, 3.05) is 5.32 Å². The van der Waals surface area contributed by atoms with Crippen LogP contribution in [0.5, 0.6) is 11.5 Å². The van der Waals surface area contributed by atoms with Gasteiger partial charge in [0.2, 0.25) is 17.7 Å². The van der Waals surface area contributed by atoms with Gasteiger partial charge in [-0.2, -0.15) is 0 Å². The number of fused-ring (bicyclic) bond motifs is 7. The summed E-state index contributed by atoms with van der Waals surface area (Å²) in [6, 6.07) is 13.7. The lowest BCUT2D eigenvalue weighted by Gasteiger charge is -2.30. The van der Waals surface area contributed by atoms with E-state index in [9.17, 15) is 19.8 Å². The Balaban J connectivity index is 1.27. The molecule has 7 heterocycles. The van der Waals surface area contributed by atoms with Crippen molar-refractivity contribution in [3.63, 3.8) is 0 Å². The highest BCUT2D eigenvalue weighted by molar-refractivity contribution is 6.09. The largest absolute Gasteiger partial charge is 0.506 e. The number of benzene rings is 3. The number of H-pyrrole nitrogens is 1. The number of oxazole rings is 2. The molecule has 10 rings (SSSR count). The van der Waals surface area contributed by atoms with E-state index in [2.05, 4.69) is 27.0 Å². The molecule has 1 spiro atoms. The molecule has 4 aliphatic heterocycles. The number of hydrogen-bond acceptors (Lipinski definition) is 10.